The molecule has 1 aromatic carbocycles. The molecule has 1 aliphatic rings. The Kier molecular flexibility index (Phi) is 7.11. The van der Waals surface area contributed by atoms with E-state index in [4.69, 9.17) is 21.1 Å². The van der Waals surface area contributed by atoms with Crippen molar-refractivity contribution in [1.29, 1.82) is 0 Å². The van der Waals surface area contributed by atoms with Crippen molar-refractivity contribution in [3.63, 3.8) is 0 Å². The van der Waals surface area contributed by atoms with E-state index in [0.29, 0.717) is 37.6 Å². The van der Waals surface area contributed by atoms with Crippen LogP contribution in [-0.4, -0.2) is 76.9 Å². The number of rotatable bonds is 5. The first kappa shape index (κ1) is 22.5. The Morgan fingerprint density at radius 1 is 1.06 bits per heavy atom. The molecule has 0 bridgehead atoms. The summed E-state index contributed by atoms with van der Waals surface area (Å²) in [6.07, 6.45) is -0.413. The number of hydrogen-bond donors (Lipinski definition) is 0. The standard InChI is InChI=1S/C20H22ClFN4O5/c1-3-30-20(29)25-10-8-24(9-11-25)16(27)12-31-19(28)17-13(2)23-26(18(17)21)15-6-4-14(22)5-7-15/h4-7H,3,8-12H2,1-2H3. The van der Waals surface area contributed by atoms with Gasteiger partial charge in [-0.2, -0.15) is 5.10 Å². The molecule has 2 aromatic rings. The highest BCUT2D eigenvalue weighted by molar-refractivity contribution is 6.33. The minimum Gasteiger partial charge on any atom is -0.452 e. The third kappa shape index (κ3) is 5.13. The lowest BCUT2D eigenvalue weighted by atomic mass is 10.2. The molecule has 1 fully saturated rings. The van der Waals surface area contributed by atoms with Gasteiger partial charge in [0.25, 0.3) is 5.91 Å². The Hall–Kier alpha value is -3.14. The van der Waals surface area contributed by atoms with Gasteiger partial charge in [0.1, 0.15) is 16.5 Å². The van der Waals surface area contributed by atoms with E-state index < -0.39 is 24.5 Å². The fourth-order valence-corrected chi connectivity index (χ4v) is 3.48. The molecule has 11 heteroatoms. The van der Waals surface area contributed by atoms with Crippen LogP contribution in [0.3, 0.4) is 0 Å². The number of amides is 2. The zero-order chi connectivity index (χ0) is 22.5. The van der Waals surface area contributed by atoms with Crippen LogP contribution in [0, 0.1) is 12.7 Å². The molecule has 9 nitrogen and oxygen atoms in total. The largest absolute Gasteiger partial charge is 0.452 e. The van der Waals surface area contributed by atoms with Crippen molar-refractivity contribution >= 4 is 29.6 Å². The fraction of sp³-hybridized carbons (Fsp3) is 0.400. The van der Waals surface area contributed by atoms with Crippen molar-refractivity contribution in [1.82, 2.24) is 19.6 Å². The van der Waals surface area contributed by atoms with Gasteiger partial charge >= 0.3 is 12.1 Å². The number of aromatic nitrogens is 2. The van der Waals surface area contributed by atoms with Crippen LogP contribution in [0.4, 0.5) is 9.18 Å². The van der Waals surface area contributed by atoms with E-state index in [1.807, 2.05) is 0 Å². The molecule has 0 N–H and O–H groups in total. The number of carbonyl (C=O) groups excluding carboxylic acids is 3. The predicted octanol–water partition coefficient (Wildman–Crippen LogP) is 2.43. The number of nitrogens with zero attached hydrogens (tertiary/aromatic N) is 4. The summed E-state index contributed by atoms with van der Waals surface area (Å²) in [6, 6.07) is 5.45. The van der Waals surface area contributed by atoms with Gasteiger partial charge < -0.3 is 19.3 Å². The van der Waals surface area contributed by atoms with E-state index in [1.54, 1.807) is 13.8 Å². The maximum Gasteiger partial charge on any atom is 0.409 e. The van der Waals surface area contributed by atoms with Crippen LogP contribution in [0.25, 0.3) is 5.69 Å². The first-order valence-corrected chi connectivity index (χ1v) is 10.1. The third-order valence-electron chi connectivity index (χ3n) is 4.76. The van der Waals surface area contributed by atoms with Crippen LogP contribution < -0.4 is 0 Å². The number of piperazine rings is 1. The van der Waals surface area contributed by atoms with Crippen LogP contribution in [0.2, 0.25) is 5.15 Å². The van der Waals surface area contributed by atoms with Crippen molar-refractivity contribution in [2.45, 2.75) is 13.8 Å². The summed E-state index contributed by atoms with van der Waals surface area (Å²) in [5.74, 6) is -1.57. The molecule has 3 rings (SSSR count). The molecule has 1 aliphatic heterocycles. The molecule has 31 heavy (non-hydrogen) atoms. The van der Waals surface area contributed by atoms with Crippen LogP contribution in [0.15, 0.2) is 24.3 Å². The molecule has 0 aliphatic carbocycles. The summed E-state index contributed by atoms with van der Waals surface area (Å²) in [4.78, 5) is 39.7. The molecule has 0 radical (unpaired) electrons. The maximum absolute atomic E-state index is 13.1. The molecule has 166 valence electrons. The van der Waals surface area contributed by atoms with Gasteiger partial charge in [-0.3, -0.25) is 4.79 Å². The lowest BCUT2D eigenvalue weighted by molar-refractivity contribution is -0.136. The number of halogens is 2. The maximum atomic E-state index is 13.1. The monoisotopic (exact) mass is 452 g/mol. The Bertz CT molecular complexity index is 971. The van der Waals surface area contributed by atoms with Crippen molar-refractivity contribution in [3.05, 3.63) is 46.5 Å². The van der Waals surface area contributed by atoms with E-state index >= 15 is 0 Å². The molecular weight excluding hydrogens is 431 g/mol. The van der Waals surface area contributed by atoms with Gasteiger partial charge in [0.2, 0.25) is 0 Å². The highest BCUT2D eigenvalue weighted by atomic mass is 35.5. The molecule has 0 saturated carbocycles. The second kappa shape index (κ2) is 9.78. The molecule has 2 amide bonds. The SMILES string of the molecule is CCOC(=O)N1CCN(C(=O)COC(=O)c2c(C)nn(-c3ccc(F)cc3)c2Cl)CC1. The Labute approximate surface area is 183 Å². The highest BCUT2D eigenvalue weighted by Crippen LogP contribution is 2.24. The Balaban J connectivity index is 1.58. The van der Waals surface area contributed by atoms with E-state index in [9.17, 15) is 18.8 Å². The second-order valence-electron chi connectivity index (χ2n) is 6.78. The summed E-state index contributed by atoms with van der Waals surface area (Å²) in [5, 5.41) is 4.21. The summed E-state index contributed by atoms with van der Waals surface area (Å²) in [7, 11) is 0. The lowest BCUT2D eigenvalue weighted by Crippen LogP contribution is -2.51. The van der Waals surface area contributed by atoms with Gasteiger partial charge in [0.05, 0.1) is 18.0 Å². The normalized spacial score (nSPS) is 13.8. The highest BCUT2D eigenvalue weighted by Gasteiger charge is 2.27. The first-order chi connectivity index (χ1) is 14.8. The summed E-state index contributed by atoms with van der Waals surface area (Å²) >= 11 is 6.30. The third-order valence-corrected chi connectivity index (χ3v) is 5.11. The molecule has 1 aromatic heterocycles. The number of esters is 1. The van der Waals surface area contributed by atoms with Gasteiger partial charge in [0, 0.05) is 26.2 Å². The van der Waals surface area contributed by atoms with E-state index in [2.05, 4.69) is 5.10 Å². The van der Waals surface area contributed by atoms with Gasteiger partial charge in [-0.1, -0.05) is 11.6 Å². The van der Waals surface area contributed by atoms with Crippen molar-refractivity contribution in [3.8, 4) is 5.69 Å². The molecule has 0 spiro atoms. The Morgan fingerprint density at radius 2 is 1.68 bits per heavy atom. The summed E-state index contributed by atoms with van der Waals surface area (Å²) in [5.41, 5.74) is 0.824. The van der Waals surface area contributed by atoms with Gasteiger partial charge in [-0.05, 0) is 38.1 Å². The average Bonchev–Trinajstić information content (AvgIpc) is 3.06. The minimum absolute atomic E-state index is 0.00427. The number of hydrogen-bond acceptors (Lipinski definition) is 6. The Morgan fingerprint density at radius 3 is 2.29 bits per heavy atom. The topological polar surface area (TPSA) is 94.0 Å². The first-order valence-electron chi connectivity index (χ1n) is 9.69. The second-order valence-corrected chi connectivity index (χ2v) is 7.14. The van der Waals surface area contributed by atoms with E-state index in [-0.39, 0.29) is 23.2 Å². The molecular formula is C20H22ClFN4O5. The lowest BCUT2D eigenvalue weighted by Gasteiger charge is -2.33. The number of benzene rings is 1. The van der Waals surface area contributed by atoms with Crippen LogP contribution in [0.5, 0.6) is 0 Å². The number of ether oxygens (including phenoxy) is 2. The molecule has 1 saturated heterocycles. The number of carbonyl (C=O) groups is 3. The van der Waals surface area contributed by atoms with Crippen molar-refractivity contribution in [2.75, 3.05) is 39.4 Å². The molecule has 0 unspecified atom stereocenters. The quantitative estimate of drug-likeness (QED) is 0.647. The predicted molar refractivity (Wildman–Crippen MR) is 109 cm³/mol. The summed E-state index contributed by atoms with van der Waals surface area (Å²) in [6.45, 7) is 4.45. The molecule has 0 atom stereocenters. The van der Waals surface area contributed by atoms with Gasteiger partial charge in [-0.15, -0.1) is 0 Å². The number of aryl methyl sites for hydroxylation is 1. The summed E-state index contributed by atoms with van der Waals surface area (Å²) < 4.78 is 24.5. The van der Waals surface area contributed by atoms with Gasteiger partial charge in [0.15, 0.2) is 6.61 Å². The zero-order valence-electron chi connectivity index (χ0n) is 17.1. The average molecular weight is 453 g/mol. The molecule has 2 heterocycles. The van der Waals surface area contributed by atoms with Crippen LogP contribution in [-0.2, 0) is 14.3 Å². The van der Waals surface area contributed by atoms with E-state index in [1.165, 1.54) is 38.7 Å². The zero-order valence-corrected chi connectivity index (χ0v) is 17.9. The van der Waals surface area contributed by atoms with Crippen molar-refractivity contribution in [2.24, 2.45) is 0 Å². The van der Waals surface area contributed by atoms with Gasteiger partial charge in [-0.25, -0.2) is 18.7 Å². The van der Waals surface area contributed by atoms with E-state index in [0.717, 1.165) is 0 Å². The smallest absolute Gasteiger partial charge is 0.409 e. The van der Waals surface area contributed by atoms with Crippen molar-refractivity contribution < 1.29 is 28.2 Å². The fourth-order valence-electron chi connectivity index (χ4n) is 3.13. The van der Waals surface area contributed by atoms with Crippen LogP contribution in [0.1, 0.15) is 23.0 Å². The van der Waals surface area contributed by atoms with Crippen LogP contribution >= 0.6 is 11.6 Å². The minimum atomic E-state index is -0.783.